The van der Waals surface area contributed by atoms with Crippen molar-refractivity contribution in [1.82, 2.24) is 0 Å². The van der Waals surface area contributed by atoms with Crippen molar-refractivity contribution in [3.8, 4) is 5.75 Å². The number of nitrogens with zero attached hydrogens (tertiary/aromatic N) is 2. The van der Waals surface area contributed by atoms with Crippen molar-refractivity contribution in [2.75, 3.05) is 4.90 Å². The van der Waals surface area contributed by atoms with Gasteiger partial charge in [0.25, 0.3) is 11.6 Å². The van der Waals surface area contributed by atoms with Crippen LogP contribution in [0.5, 0.6) is 5.75 Å². The molecule has 1 saturated heterocycles. The largest absolute Gasteiger partial charge is 0.478 e. The molecular weight excluding hydrogens is 427 g/mol. The van der Waals surface area contributed by atoms with Gasteiger partial charge < -0.3 is 4.74 Å². The van der Waals surface area contributed by atoms with Crippen LogP contribution in [0.2, 0.25) is 10.0 Å². The number of hydrogen-bond acceptors (Lipinski definition) is 4. The molecule has 1 heterocycles. The van der Waals surface area contributed by atoms with Crippen molar-refractivity contribution >= 4 is 40.5 Å². The first-order valence-corrected chi connectivity index (χ1v) is 9.87. The first kappa shape index (κ1) is 20.2. The Morgan fingerprint density at radius 2 is 1.80 bits per heavy atom. The number of aryl methyl sites for hydroxylation is 1. The van der Waals surface area contributed by atoms with E-state index in [0.717, 1.165) is 5.56 Å². The van der Waals surface area contributed by atoms with Crippen molar-refractivity contribution in [2.24, 2.45) is 0 Å². The summed E-state index contributed by atoms with van der Waals surface area (Å²) in [6.45, 7) is 1.84. The van der Waals surface area contributed by atoms with Gasteiger partial charge in [-0.2, -0.15) is 0 Å². The first-order chi connectivity index (χ1) is 14.4. The van der Waals surface area contributed by atoms with Gasteiger partial charge in [0.1, 0.15) is 11.8 Å². The Morgan fingerprint density at radius 3 is 2.50 bits per heavy atom. The molecular formula is C22H16Cl2N2O4. The summed E-state index contributed by atoms with van der Waals surface area (Å²) in [4.78, 5) is 25.2. The van der Waals surface area contributed by atoms with Crippen LogP contribution in [0, 0.1) is 17.0 Å². The predicted octanol–water partition coefficient (Wildman–Crippen LogP) is 5.75. The maximum atomic E-state index is 13.1. The molecule has 0 bridgehead atoms. The third-order valence-corrected chi connectivity index (χ3v) is 5.56. The summed E-state index contributed by atoms with van der Waals surface area (Å²) in [5, 5.41) is 12.2. The monoisotopic (exact) mass is 442 g/mol. The number of carbonyl (C=O) groups excluding carboxylic acids is 1. The number of benzene rings is 3. The van der Waals surface area contributed by atoms with Gasteiger partial charge >= 0.3 is 0 Å². The van der Waals surface area contributed by atoms with E-state index < -0.39 is 17.1 Å². The lowest BCUT2D eigenvalue weighted by Gasteiger charge is -2.47. The number of anilines is 1. The Bertz CT molecular complexity index is 1150. The average Bonchev–Trinajstić information content (AvgIpc) is 2.72. The number of nitro benzene ring substituents is 1. The molecule has 2 unspecified atom stereocenters. The maximum absolute atomic E-state index is 13.1. The van der Waals surface area contributed by atoms with Crippen molar-refractivity contribution < 1.29 is 14.5 Å². The van der Waals surface area contributed by atoms with Gasteiger partial charge in [0.2, 0.25) is 6.10 Å². The highest BCUT2D eigenvalue weighted by Gasteiger charge is 2.52. The van der Waals surface area contributed by atoms with Crippen LogP contribution >= 0.6 is 23.2 Å². The Morgan fingerprint density at radius 1 is 1.03 bits per heavy atom. The second-order valence-corrected chi connectivity index (χ2v) is 7.74. The van der Waals surface area contributed by atoms with Crippen LogP contribution in [0.4, 0.5) is 11.4 Å². The Labute approximate surface area is 182 Å². The second-order valence-electron chi connectivity index (χ2n) is 6.90. The van der Waals surface area contributed by atoms with E-state index in [4.69, 9.17) is 27.9 Å². The number of rotatable bonds is 5. The molecule has 3 aromatic rings. The molecule has 0 N–H and O–H groups in total. The van der Waals surface area contributed by atoms with Gasteiger partial charge in [-0.3, -0.25) is 19.8 Å². The number of carbonyl (C=O) groups is 1. The van der Waals surface area contributed by atoms with E-state index in [1.54, 1.807) is 42.5 Å². The van der Waals surface area contributed by atoms with Gasteiger partial charge in [-0.05, 0) is 48.4 Å². The highest BCUT2D eigenvalue weighted by molar-refractivity contribution is 6.31. The minimum absolute atomic E-state index is 0.101. The minimum atomic E-state index is -0.830. The average molecular weight is 443 g/mol. The Kier molecular flexibility index (Phi) is 5.37. The molecule has 6 nitrogen and oxygen atoms in total. The highest BCUT2D eigenvalue weighted by atomic mass is 35.5. The molecule has 0 saturated carbocycles. The molecule has 0 aliphatic carbocycles. The normalized spacial score (nSPS) is 18.1. The van der Waals surface area contributed by atoms with Gasteiger partial charge in [0.15, 0.2) is 0 Å². The zero-order chi connectivity index (χ0) is 21.4. The molecule has 1 amide bonds. The van der Waals surface area contributed by atoms with Crippen LogP contribution in [-0.4, -0.2) is 16.9 Å². The third-order valence-electron chi connectivity index (χ3n) is 4.98. The number of non-ortho nitro benzene ring substituents is 1. The zero-order valence-electron chi connectivity index (χ0n) is 15.8. The molecule has 30 heavy (non-hydrogen) atoms. The molecule has 152 valence electrons. The SMILES string of the molecule is Cc1cc(Cl)ccc1OC1C(=O)N(c2cccc([N+](=O)[O-])c2)C1c1ccccc1Cl. The van der Waals surface area contributed by atoms with Crippen LogP contribution in [0.3, 0.4) is 0 Å². The van der Waals surface area contributed by atoms with Crippen LogP contribution in [0.1, 0.15) is 17.2 Å². The van der Waals surface area contributed by atoms with Crippen molar-refractivity contribution in [1.29, 1.82) is 0 Å². The van der Waals surface area contributed by atoms with E-state index in [0.29, 0.717) is 27.0 Å². The summed E-state index contributed by atoms with van der Waals surface area (Å²) < 4.78 is 6.06. The van der Waals surface area contributed by atoms with E-state index in [1.165, 1.54) is 17.0 Å². The van der Waals surface area contributed by atoms with Crippen molar-refractivity contribution in [3.63, 3.8) is 0 Å². The van der Waals surface area contributed by atoms with Gasteiger partial charge in [-0.1, -0.05) is 47.5 Å². The standard InChI is InChI=1S/C22H16Cl2N2O4/c1-13-11-14(23)9-10-19(13)30-21-20(17-7-2-3-8-18(17)24)25(22(21)27)15-5-4-6-16(12-15)26(28)29/h2-12,20-21H,1H3. The molecule has 4 rings (SSSR count). The number of nitro groups is 1. The van der Waals surface area contributed by atoms with Crippen LogP contribution in [0.25, 0.3) is 0 Å². The molecule has 0 spiro atoms. The summed E-state index contributed by atoms with van der Waals surface area (Å²) in [6.07, 6.45) is -0.830. The fourth-order valence-electron chi connectivity index (χ4n) is 3.52. The zero-order valence-corrected chi connectivity index (χ0v) is 17.3. The van der Waals surface area contributed by atoms with E-state index in [2.05, 4.69) is 0 Å². The molecule has 2 atom stereocenters. The molecule has 3 aromatic carbocycles. The fourth-order valence-corrected chi connectivity index (χ4v) is 3.99. The number of ether oxygens (including phenoxy) is 1. The predicted molar refractivity (Wildman–Crippen MR) is 115 cm³/mol. The van der Waals surface area contributed by atoms with Crippen LogP contribution < -0.4 is 9.64 Å². The molecule has 0 radical (unpaired) electrons. The van der Waals surface area contributed by atoms with Crippen LogP contribution in [-0.2, 0) is 4.79 Å². The summed E-state index contributed by atoms with van der Waals surface area (Å²) in [7, 11) is 0. The van der Waals surface area contributed by atoms with Gasteiger partial charge in [-0.15, -0.1) is 0 Å². The third kappa shape index (κ3) is 3.60. The first-order valence-electron chi connectivity index (χ1n) is 9.11. The van der Waals surface area contributed by atoms with E-state index in [1.807, 2.05) is 19.1 Å². The lowest BCUT2D eigenvalue weighted by molar-refractivity contribution is -0.384. The number of halogens is 2. The van der Waals surface area contributed by atoms with Gasteiger partial charge in [0, 0.05) is 22.2 Å². The molecule has 1 fully saturated rings. The highest BCUT2D eigenvalue weighted by Crippen LogP contribution is 2.44. The number of hydrogen-bond donors (Lipinski definition) is 0. The smallest absolute Gasteiger partial charge is 0.271 e. The van der Waals surface area contributed by atoms with E-state index >= 15 is 0 Å². The summed E-state index contributed by atoms with van der Waals surface area (Å²) in [5.41, 5.74) is 1.80. The molecule has 8 heteroatoms. The lowest BCUT2D eigenvalue weighted by atomic mass is 9.89. The van der Waals surface area contributed by atoms with Crippen molar-refractivity contribution in [3.05, 3.63) is 98.0 Å². The fraction of sp³-hybridized carbons (Fsp3) is 0.136. The van der Waals surface area contributed by atoms with E-state index in [-0.39, 0.29) is 11.6 Å². The molecule has 1 aliphatic rings. The van der Waals surface area contributed by atoms with E-state index in [9.17, 15) is 14.9 Å². The van der Waals surface area contributed by atoms with Crippen LogP contribution in [0.15, 0.2) is 66.7 Å². The summed E-state index contributed by atoms with van der Waals surface area (Å²) in [5.74, 6) is 0.225. The Balaban J connectivity index is 1.74. The quantitative estimate of drug-likeness (QED) is 0.286. The summed E-state index contributed by atoms with van der Waals surface area (Å²) >= 11 is 12.4. The summed E-state index contributed by atoms with van der Waals surface area (Å²) in [6, 6.07) is 17.7. The minimum Gasteiger partial charge on any atom is -0.478 e. The second kappa shape index (κ2) is 7.97. The lowest BCUT2D eigenvalue weighted by Crippen LogP contribution is -2.61. The molecule has 1 aliphatic heterocycles. The Hall–Kier alpha value is -3.09. The topological polar surface area (TPSA) is 72.7 Å². The van der Waals surface area contributed by atoms with Crippen molar-refractivity contribution in [2.45, 2.75) is 19.1 Å². The number of amides is 1. The maximum Gasteiger partial charge on any atom is 0.271 e. The number of β-lactam (4-membered cyclic amide) rings is 1. The molecule has 0 aromatic heterocycles. The van der Waals surface area contributed by atoms with Gasteiger partial charge in [-0.25, -0.2) is 0 Å². The van der Waals surface area contributed by atoms with Gasteiger partial charge in [0.05, 0.1) is 10.6 Å².